The molecule has 2 heterocycles. The highest BCUT2D eigenvalue weighted by atomic mass is 32.1. The first kappa shape index (κ1) is 48.1. The number of anilines is 5. The van der Waals surface area contributed by atoms with E-state index in [4.69, 9.17) is 0 Å². The van der Waals surface area contributed by atoms with Crippen molar-refractivity contribution < 1.29 is 0 Å². The third-order valence-corrected chi connectivity index (χ3v) is 21.2. The summed E-state index contributed by atoms with van der Waals surface area (Å²) in [7, 11) is 2.60. The van der Waals surface area contributed by atoms with E-state index < -0.39 is 0 Å². The van der Waals surface area contributed by atoms with Gasteiger partial charge in [0.2, 0.25) is 0 Å². The van der Waals surface area contributed by atoms with Gasteiger partial charge in [0.25, 0.3) is 0 Å². The first-order valence-corrected chi connectivity index (χ1v) is 28.8. The summed E-state index contributed by atoms with van der Waals surface area (Å²) in [5.74, 6) is 0. The van der Waals surface area contributed by atoms with E-state index in [2.05, 4.69) is 231 Å². The standard InChI is InChI=1S/C70H76BN2S/c1-40-56(29-27-50-58(40)69(12,13)35-34-65(50,4)5)73-61-54(28-25-44-43-21-17-19-23-57(43)74-63(44)61)71-60-47(37-46-42-20-16-18-22-48(42)70(14,15)59(46)62(60)73)45-38-52-53(68(10,11)33-32-67(52,8)9)39-55(45)72-41-24-26-49-51(36-41)66(6,7)31-30-64(49,2)3/h16-29,36-39,72H,30-35H2,1-15H3. The second-order valence-corrected chi connectivity index (χ2v) is 29.1. The molecular weight excluding hydrogens is 912 g/mol. The van der Waals surface area contributed by atoms with E-state index >= 15 is 0 Å². The van der Waals surface area contributed by atoms with Crippen LogP contribution in [0.2, 0.25) is 0 Å². The first-order valence-electron chi connectivity index (χ1n) is 28.0. The lowest BCUT2D eigenvalue weighted by atomic mass is 9.56. The molecule has 0 fully saturated rings. The van der Waals surface area contributed by atoms with Crippen LogP contribution in [-0.4, -0.2) is 7.28 Å². The fourth-order valence-electron chi connectivity index (χ4n) is 15.2. The summed E-state index contributed by atoms with van der Waals surface area (Å²) in [5.41, 5.74) is 27.5. The molecule has 74 heavy (non-hydrogen) atoms. The van der Waals surface area contributed by atoms with Crippen molar-refractivity contribution in [1.82, 2.24) is 0 Å². The Hall–Kier alpha value is -5.58. The zero-order valence-electron chi connectivity index (χ0n) is 47.1. The van der Waals surface area contributed by atoms with Crippen LogP contribution >= 0.6 is 11.3 Å². The van der Waals surface area contributed by atoms with Crippen LogP contribution in [0, 0.1) is 6.92 Å². The quantitative estimate of drug-likeness (QED) is 0.177. The zero-order valence-corrected chi connectivity index (χ0v) is 47.9. The zero-order chi connectivity index (χ0) is 52.0. The van der Waals surface area contributed by atoms with Crippen molar-refractivity contribution in [2.45, 2.75) is 180 Å². The molecule has 7 aromatic carbocycles. The summed E-state index contributed by atoms with van der Waals surface area (Å²) in [6.45, 7) is 37.1. The third kappa shape index (κ3) is 6.80. The average molecular weight is 988 g/mol. The van der Waals surface area contributed by atoms with Crippen molar-refractivity contribution in [3.8, 4) is 22.3 Å². The minimum atomic E-state index is -0.276. The SMILES string of the molecule is Cc1c(N2c3c(c(-c4cc5c(cc4Nc4ccc6c(c4)C(C)(C)CCC6(C)C)C(C)(C)CCC5(C)C)cc4c3C(C)(C)c3ccccc3-4)[B]c3ccc4c(sc5ccccc54)c32)ccc2c1C(C)(C)CCC2(C)C. The van der Waals surface area contributed by atoms with Gasteiger partial charge in [0, 0.05) is 49.2 Å². The van der Waals surface area contributed by atoms with Gasteiger partial charge in [-0.25, -0.2) is 0 Å². The molecule has 1 aliphatic heterocycles. The summed E-state index contributed by atoms with van der Waals surface area (Å²) in [6.07, 6.45) is 7.06. The summed E-state index contributed by atoms with van der Waals surface area (Å²) in [5, 5.41) is 6.92. The van der Waals surface area contributed by atoms with E-state index in [1.165, 1.54) is 158 Å². The minimum Gasteiger partial charge on any atom is -0.355 e. The maximum atomic E-state index is 4.25. The molecule has 5 aliphatic rings. The van der Waals surface area contributed by atoms with E-state index in [-0.39, 0.29) is 37.9 Å². The Kier molecular flexibility index (Phi) is 10.1. The van der Waals surface area contributed by atoms with Crippen LogP contribution in [0.15, 0.2) is 109 Å². The molecule has 2 nitrogen and oxygen atoms in total. The van der Waals surface area contributed by atoms with Crippen LogP contribution < -0.4 is 21.1 Å². The van der Waals surface area contributed by atoms with E-state index in [0.29, 0.717) is 0 Å². The summed E-state index contributed by atoms with van der Waals surface area (Å²) < 4.78 is 2.69. The Morgan fingerprint density at radius 2 is 1.05 bits per heavy atom. The van der Waals surface area contributed by atoms with Crippen molar-refractivity contribution in [3.05, 3.63) is 159 Å². The Balaban J connectivity index is 1.16. The van der Waals surface area contributed by atoms with Crippen molar-refractivity contribution in [1.29, 1.82) is 0 Å². The molecule has 4 aliphatic carbocycles. The molecule has 0 amide bonds. The van der Waals surface area contributed by atoms with E-state index in [9.17, 15) is 0 Å². The first-order chi connectivity index (χ1) is 34.8. The monoisotopic (exact) mass is 988 g/mol. The highest BCUT2D eigenvalue weighted by Crippen LogP contribution is 2.60. The smallest absolute Gasteiger partial charge is 0.197 e. The van der Waals surface area contributed by atoms with Crippen LogP contribution in [0.1, 0.15) is 186 Å². The van der Waals surface area contributed by atoms with Gasteiger partial charge in [0.1, 0.15) is 0 Å². The van der Waals surface area contributed by atoms with Crippen molar-refractivity contribution >= 4 is 78.2 Å². The molecule has 1 aromatic heterocycles. The topological polar surface area (TPSA) is 15.3 Å². The predicted octanol–water partition coefficient (Wildman–Crippen LogP) is 18.6. The van der Waals surface area contributed by atoms with Gasteiger partial charge in [-0.2, -0.15) is 0 Å². The number of nitrogens with zero attached hydrogens (tertiary/aromatic N) is 1. The Morgan fingerprint density at radius 3 is 1.77 bits per heavy atom. The fourth-order valence-corrected chi connectivity index (χ4v) is 16.4. The Morgan fingerprint density at radius 1 is 0.459 bits per heavy atom. The summed E-state index contributed by atoms with van der Waals surface area (Å²) >= 11 is 1.96. The van der Waals surface area contributed by atoms with Crippen LogP contribution in [0.3, 0.4) is 0 Å². The second kappa shape index (κ2) is 15.5. The van der Waals surface area contributed by atoms with Crippen LogP contribution in [0.4, 0.5) is 28.4 Å². The van der Waals surface area contributed by atoms with Crippen molar-refractivity contribution in [3.63, 3.8) is 0 Å². The molecule has 4 heteroatoms. The van der Waals surface area contributed by atoms with Gasteiger partial charge in [-0.05, 0) is 193 Å². The average Bonchev–Trinajstić information content (AvgIpc) is 3.84. The normalized spacial score (nSPS) is 20.3. The van der Waals surface area contributed by atoms with Gasteiger partial charge in [0.05, 0.1) is 10.4 Å². The molecule has 8 aromatic rings. The van der Waals surface area contributed by atoms with Crippen LogP contribution in [0.25, 0.3) is 42.4 Å². The lowest BCUT2D eigenvalue weighted by Crippen LogP contribution is -2.43. The molecule has 0 unspecified atom stereocenters. The number of benzene rings is 7. The molecule has 0 saturated carbocycles. The molecule has 1 N–H and O–H groups in total. The van der Waals surface area contributed by atoms with Crippen LogP contribution in [-0.2, 0) is 37.9 Å². The van der Waals surface area contributed by atoms with Gasteiger partial charge < -0.3 is 10.2 Å². The maximum absolute atomic E-state index is 4.25. The fraction of sp³-hybridized carbons (Fsp3) is 0.400. The van der Waals surface area contributed by atoms with Crippen molar-refractivity contribution in [2.75, 3.05) is 10.2 Å². The predicted molar refractivity (Wildman–Crippen MR) is 322 cm³/mol. The van der Waals surface area contributed by atoms with Crippen LogP contribution in [0.5, 0.6) is 0 Å². The third-order valence-electron chi connectivity index (χ3n) is 20.0. The number of hydrogen-bond donors (Lipinski definition) is 1. The number of hydrogen-bond acceptors (Lipinski definition) is 3. The lowest BCUT2D eigenvalue weighted by Gasteiger charge is -2.45. The Bertz CT molecular complexity index is 3740. The molecule has 0 spiro atoms. The molecule has 0 bridgehead atoms. The van der Waals surface area contributed by atoms with Crippen molar-refractivity contribution in [2.24, 2.45) is 0 Å². The highest BCUT2D eigenvalue weighted by molar-refractivity contribution is 7.26. The van der Waals surface area contributed by atoms with Gasteiger partial charge >= 0.3 is 0 Å². The molecule has 375 valence electrons. The number of fused-ring (bicyclic) bond motifs is 13. The van der Waals surface area contributed by atoms with Gasteiger partial charge in [-0.3, -0.25) is 0 Å². The molecule has 13 rings (SSSR count). The molecule has 1 radical (unpaired) electrons. The number of thiophene rings is 1. The maximum Gasteiger partial charge on any atom is 0.197 e. The number of nitrogens with one attached hydrogen (secondary N) is 1. The second-order valence-electron chi connectivity index (χ2n) is 28.0. The van der Waals surface area contributed by atoms with E-state index in [1.54, 1.807) is 0 Å². The Labute approximate surface area is 447 Å². The molecular formula is C70H76BN2S. The van der Waals surface area contributed by atoms with Gasteiger partial charge in [0.15, 0.2) is 7.28 Å². The molecule has 0 atom stereocenters. The summed E-state index contributed by atoms with van der Waals surface area (Å²) in [6, 6.07) is 43.5. The lowest BCUT2D eigenvalue weighted by molar-refractivity contribution is 0.330. The van der Waals surface area contributed by atoms with E-state index in [1.807, 2.05) is 11.3 Å². The number of rotatable bonds is 4. The van der Waals surface area contributed by atoms with E-state index in [0.717, 1.165) is 12.8 Å². The summed E-state index contributed by atoms with van der Waals surface area (Å²) in [4.78, 5) is 2.80. The molecule has 0 saturated heterocycles. The minimum absolute atomic E-state index is 0.0148. The largest absolute Gasteiger partial charge is 0.355 e. The van der Waals surface area contributed by atoms with Gasteiger partial charge in [-0.1, -0.05) is 169 Å². The highest BCUT2D eigenvalue weighted by Gasteiger charge is 2.46. The van der Waals surface area contributed by atoms with Gasteiger partial charge in [-0.15, -0.1) is 11.3 Å².